The van der Waals surface area contributed by atoms with Crippen molar-refractivity contribution in [3.63, 3.8) is 0 Å². The summed E-state index contributed by atoms with van der Waals surface area (Å²) in [5.74, 6) is 0.591. The molecule has 1 aromatic carbocycles. The van der Waals surface area contributed by atoms with Gasteiger partial charge in [-0.3, -0.25) is 9.59 Å². The van der Waals surface area contributed by atoms with E-state index in [1.54, 1.807) is 18.4 Å². The maximum absolute atomic E-state index is 12.5. The van der Waals surface area contributed by atoms with Gasteiger partial charge < -0.3 is 19.9 Å². The van der Waals surface area contributed by atoms with Crippen molar-refractivity contribution in [1.29, 1.82) is 0 Å². The van der Waals surface area contributed by atoms with E-state index in [1.807, 2.05) is 52.5 Å². The Bertz CT molecular complexity index is 1210. The summed E-state index contributed by atoms with van der Waals surface area (Å²) >= 11 is 2.96. The zero-order chi connectivity index (χ0) is 21.1. The van der Waals surface area contributed by atoms with Crippen molar-refractivity contribution in [3.8, 4) is 16.3 Å². The van der Waals surface area contributed by atoms with Crippen LogP contribution in [0.25, 0.3) is 21.5 Å². The lowest BCUT2D eigenvalue weighted by Gasteiger charge is -2.06. The molecule has 0 aliphatic rings. The van der Waals surface area contributed by atoms with Gasteiger partial charge in [-0.2, -0.15) is 0 Å². The Morgan fingerprint density at radius 2 is 2.07 bits per heavy atom. The summed E-state index contributed by atoms with van der Waals surface area (Å²) in [6.07, 6.45) is 1.89. The van der Waals surface area contributed by atoms with E-state index in [9.17, 15) is 9.59 Å². The van der Waals surface area contributed by atoms with E-state index in [0.717, 1.165) is 32.1 Å². The van der Waals surface area contributed by atoms with Crippen LogP contribution in [-0.2, 0) is 22.7 Å². The lowest BCUT2D eigenvalue weighted by molar-refractivity contribution is -0.119. The molecular formula is C21H20N4O3S2. The number of anilines is 1. The Morgan fingerprint density at radius 3 is 2.87 bits per heavy atom. The summed E-state index contributed by atoms with van der Waals surface area (Å²) in [6, 6.07) is 11.7. The number of amides is 2. The predicted octanol–water partition coefficient (Wildman–Crippen LogP) is 4.11. The molecule has 0 spiro atoms. The van der Waals surface area contributed by atoms with Gasteiger partial charge in [0.25, 0.3) is 0 Å². The third kappa shape index (κ3) is 4.52. The Hall–Kier alpha value is -3.17. The quantitative estimate of drug-likeness (QED) is 0.453. The molecule has 154 valence electrons. The molecule has 0 atom stereocenters. The molecule has 4 rings (SSSR count). The highest BCUT2D eigenvalue weighted by Gasteiger charge is 2.12. The number of hydrogen-bond acceptors (Lipinski definition) is 6. The molecular weight excluding hydrogens is 420 g/mol. The van der Waals surface area contributed by atoms with E-state index in [2.05, 4.69) is 15.6 Å². The van der Waals surface area contributed by atoms with Gasteiger partial charge in [0.05, 0.1) is 24.2 Å². The van der Waals surface area contributed by atoms with Crippen LogP contribution in [0.2, 0.25) is 0 Å². The topological polar surface area (TPSA) is 85.2 Å². The number of carbonyl (C=O) groups is 2. The Kier molecular flexibility index (Phi) is 5.82. The Balaban J connectivity index is 1.40. The molecule has 3 heterocycles. The molecule has 3 aromatic heterocycles. The summed E-state index contributed by atoms with van der Waals surface area (Å²) in [7, 11) is 1.63. The zero-order valence-electron chi connectivity index (χ0n) is 16.5. The van der Waals surface area contributed by atoms with Crippen molar-refractivity contribution < 1.29 is 14.3 Å². The van der Waals surface area contributed by atoms with E-state index in [-0.39, 0.29) is 18.4 Å². The maximum Gasteiger partial charge on any atom is 0.246 e. The minimum atomic E-state index is -0.137. The fourth-order valence-corrected chi connectivity index (χ4v) is 4.73. The van der Waals surface area contributed by atoms with E-state index in [0.29, 0.717) is 11.7 Å². The number of nitrogens with one attached hydrogen (secondary N) is 2. The number of hydrogen-bond donors (Lipinski definition) is 2. The standard InChI is InChI=1S/C21H20N4O3S2/c1-13(26)22-10-16-4-6-19(30-16)17-12-29-21(23-17)24-20(27)11-25-8-7-14-9-15(28-2)3-5-18(14)25/h3-9,12H,10-11H2,1-2H3,(H,22,26)(H,23,24,27). The van der Waals surface area contributed by atoms with Crippen molar-refractivity contribution in [1.82, 2.24) is 14.9 Å². The number of ether oxygens (including phenoxy) is 1. The Morgan fingerprint density at radius 1 is 1.20 bits per heavy atom. The number of benzene rings is 1. The number of aromatic nitrogens is 2. The minimum absolute atomic E-state index is 0.0572. The van der Waals surface area contributed by atoms with Crippen molar-refractivity contribution in [2.75, 3.05) is 12.4 Å². The molecule has 0 saturated carbocycles. The van der Waals surface area contributed by atoms with Crippen LogP contribution in [0.5, 0.6) is 5.75 Å². The zero-order valence-corrected chi connectivity index (χ0v) is 18.1. The second kappa shape index (κ2) is 8.68. The lowest BCUT2D eigenvalue weighted by Crippen LogP contribution is -2.18. The van der Waals surface area contributed by atoms with Gasteiger partial charge in [-0.25, -0.2) is 4.98 Å². The third-order valence-corrected chi connectivity index (χ3v) is 6.33. The van der Waals surface area contributed by atoms with Crippen LogP contribution in [0.15, 0.2) is 48.0 Å². The van der Waals surface area contributed by atoms with Gasteiger partial charge in [-0.1, -0.05) is 0 Å². The molecule has 2 amide bonds. The van der Waals surface area contributed by atoms with Gasteiger partial charge >= 0.3 is 0 Å². The fourth-order valence-electron chi connectivity index (χ4n) is 3.02. The molecule has 0 aliphatic heterocycles. The molecule has 4 aromatic rings. The summed E-state index contributed by atoms with van der Waals surface area (Å²) in [5.41, 5.74) is 1.78. The molecule has 0 bridgehead atoms. The van der Waals surface area contributed by atoms with Crippen LogP contribution < -0.4 is 15.4 Å². The third-order valence-electron chi connectivity index (χ3n) is 4.47. The van der Waals surface area contributed by atoms with E-state index in [4.69, 9.17) is 4.74 Å². The summed E-state index contributed by atoms with van der Waals surface area (Å²) in [4.78, 5) is 30.1. The first-order valence-corrected chi connectivity index (χ1v) is 10.9. The van der Waals surface area contributed by atoms with Crippen LogP contribution in [0.4, 0.5) is 5.13 Å². The molecule has 0 saturated heterocycles. The minimum Gasteiger partial charge on any atom is -0.497 e. The highest BCUT2D eigenvalue weighted by atomic mass is 32.1. The maximum atomic E-state index is 12.5. The van der Waals surface area contributed by atoms with Crippen LogP contribution in [0.1, 0.15) is 11.8 Å². The van der Waals surface area contributed by atoms with Crippen LogP contribution >= 0.6 is 22.7 Å². The molecule has 0 aliphatic carbocycles. The highest BCUT2D eigenvalue weighted by Crippen LogP contribution is 2.31. The van der Waals surface area contributed by atoms with E-state index in [1.165, 1.54) is 18.3 Å². The Labute approximate surface area is 181 Å². The molecule has 7 nitrogen and oxygen atoms in total. The van der Waals surface area contributed by atoms with Crippen molar-refractivity contribution in [2.24, 2.45) is 0 Å². The van der Waals surface area contributed by atoms with Crippen molar-refractivity contribution in [2.45, 2.75) is 20.0 Å². The highest BCUT2D eigenvalue weighted by molar-refractivity contribution is 7.17. The summed E-state index contributed by atoms with van der Waals surface area (Å²) in [5, 5.41) is 9.16. The van der Waals surface area contributed by atoms with E-state index >= 15 is 0 Å². The first-order valence-electron chi connectivity index (χ1n) is 9.23. The molecule has 30 heavy (non-hydrogen) atoms. The number of thiophene rings is 1. The van der Waals surface area contributed by atoms with Gasteiger partial charge in [0.2, 0.25) is 11.8 Å². The summed E-state index contributed by atoms with van der Waals surface area (Å²) < 4.78 is 7.14. The molecule has 0 fully saturated rings. The van der Waals surface area contributed by atoms with Crippen LogP contribution in [0.3, 0.4) is 0 Å². The first-order chi connectivity index (χ1) is 14.5. The largest absolute Gasteiger partial charge is 0.497 e. The molecule has 0 radical (unpaired) electrons. The van der Waals surface area contributed by atoms with Crippen molar-refractivity contribution in [3.05, 3.63) is 52.9 Å². The van der Waals surface area contributed by atoms with Gasteiger partial charge in [-0.15, -0.1) is 22.7 Å². The first kappa shape index (κ1) is 20.1. The van der Waals surface area contributed by atoms with Gasteiger partial charge in [0, 0.05) is 34.3 Å². The SMILES string of the molecule is COc1ccc2c(ccn2CC(=O)Nc2nc(-c3ccc(CNC(C)=O)s3)cs2)c1. The van der Waals surface area contributed by atoms with Gasteiger partial charge in [0.1, 0.15) is 12.3 Å². The number of thiazole rings is 1. The molecule has 2 N–H and O–H groups in total. The second-order valence-corrected chi connectivity index (χ2v) is 8.66. The normalized spacial score (nSPS) is 10.9. The monoisotopic (exact) mass is 440 g/mol. The number of rotatable bonds is 7. The number of nitrogens with zero attached hydrogens (tertiary/aromatic N) is 2. The predicted molar refractivity (Wildman–Crippen MR) is 120 cm³/mol. The average molecular weight is 441 g/mol. The van der Waals surface area contributed by atoms with Crippen molar-refractivity contribution >= 4 is 50.5 Å². The summed E-state index contributed by atoms with van der Waals surface area (Å²) in [6.45, 7) is 2.20. The molecule has 0 unspecified atom stereocenters. The number of carbonyl (C=O) groups excluding carboxylic acids is 2. The number of methoxy groups -OCH3 is 1. The van der Waals surface area contributed by atoms with Crippen LogP contribution in [0, 0.1) is 0 Å². The lowest BCUT2D eigenvalue weighted by atomic mass is 10.2. The smallest absolute Gasteiger partial charge is 0.246 e. The van der Waals surface area contributed by atoms with Gasteiger partial charge in [-0.05, 0) is 36.4 Å². The average Bonchev–Trinajstić information content (AvgIpc) is 3.46. The van der Waals surface area contributed by atoms with Gasteiger partial charge in [0.15, 0.2) is 5.13 Å². The second-order valence-electron chi connectivity index (χ2n) is 6.63. The van der Waals surface area contributed by atoms with Crippen LogP contribution in [-0.4, -0.2) is 28.5 Å². The number of fused-ring (bicyclic) bond motifs is 1. The van der Waals surface area contributed by atoms with E-state index < -0.39 is 0 Å². The molecule has 9 heteroatoms. The fraction of sp³-hybridized carbons (Fsp3) is 0.190.